The first kappa shape index (κ1) is 19.6. The molecule has 4 rings (SSSR count). The normalized spacial score (nSPS) is 19.5. The lowest BCUT2D eigenvalue weighted by Gasteiger charge is -2.29. The van der Waals surface area contributed by atoms with Crippen LogP contribution >= 0.6 is 23.2 Å². The van der Waals surface area contributed by atoms with E-state index < -0.39 is 5.60 Å². The molecule has 28 heavy (non-hydrogen) atoms. The maximum absolute atomic E-state index is 6.59. The number of imidazole rings is 1. The maximum atomic E-state index is 6.59. The zero-order valence-corrected chi connectivity index (χ0v) is 18.0. The molecule has 0 amide bonds. The topological polar surface area (TPSA) is 30.3 Å². The van der Waals surface area contributed by atoms with Crippen molar-refractivity contribution in [2.45, 2.75) is 39.3 Å². The van der Waals surface area contributed by atoms with Gasteiger partial charge in [-0.25, -0.2) is 4.98 Å². The molecule has 1 aliphatic heterocycles. The van der Waals surface area contributed by atoms with Gasteiger partial charge in [0.2, 0.25) is 0 Å². The van der Waals surface area contributed by atoms with Gasteiger partial charge in [-0.15, -0.1) is 0 Å². The minimum Gasteiger partial charge on any atom is -0.370 e. The number of ether oxygens (including phenoxy) is 1. The lowest BCUT2D eigenvalue weighted by Crippen LogP contribution is -2.30. The third-order valence-electron chi connectivity index (χ3n) is 5.64. The standard InChI is InChI=1S/C22H25Cl2N3O/c1-4-26(5-2)19-9-6-8-18-20(19)27-12-7-13-28-22(3,21(27)25-18)16-11-10-15(23)14-17(16)24/h6,8-11,14H,4-5,7,12-13H2,1-3H3. The average molecular weight is 418 g/mol. The van der Waals surface area contributed by atoms with E-state index in [4.69, 9.17) is 32.9 Å². The molecule has 1 aromatic heterocycles. The summed E-state index contributed by atoms with van der Waals surface area (Å²) >= 11 is 12.7. The number of fused-ring (bicyclic) bond motifs is 3. The largest absolute Gasteiger partial charge is 0.370 e. The van der Waals surface area contributed by atoms with E-state index in [0.29, 0.717) is 16.7 Å². The molecule has 1 unspecified atom stereocenters. The van der Waals surface area contributed by atoms with Crippen LogP contribution in [0.4, 0.5) is 5.69 Å². The van der Waals surface area contributed by atoms with Crippen LogP contribution in [0.25, 0.3) is 11.0 Å². The smallest absolute Gasteiger partial charge is 0.149 e. The molecule has 0 saturated carbocycles. The van der Waals surface area contributed by atoms with Crippen LogP contribution in [0.15, 0.2) is 36.4 Å². The summed E-state index contributed by atoms with van der Waals surface area (Å²) in [6.45, 7) is 9.84. The number of rotatable bonds is 4. The van der Waals surface area contributed by atoms with Crippen LogP contribution in [0.1, 0.15) is 38.6 Å². The predicted octanol–water partition coefficient (Wildman–Crippen LogP) is 5.87. The number of halogens is 2. The molecule has 1 atom stereocenters. The summed E-state index contributed by atoms with van der Waals surface area (Å²) in [4.78, 5) is 7.41. The van der Waals surface area contributed by atoms with Crippen LogP contribution in [0.3, 0.4) is 0 Å². The highest BCUT2D eigenvalue weighted by molar-refractivity contribution is 6.35. The molecule has 0 spiro atoms. The van der Waals surface area contributed by atoms with Crippen molar-refractivity contribution in [3.05, 3.63) is 57.8 Å². The number of aromatic nitrogens is 2. The summed E-state index contributed by atoms with van der Waals surface area (Å²) in [6, 6.07) is 11.9. The van der Waals surface area contributed by atoms with Crippen molar-refractivity contribution in [1.29, 1.82) is 0 Å². The van der Waals surface area contributed by atoms with Gasteiger partial charge in [0.05, 0.1) is 23.3 Å². The van der Waals surface area contributed by atoms with Crippen molar-refractivity contribution < 1.29 is 4.74 Å². The van der Waals surface area contributed by atoms with Gasteiger partial charge in [0, 0.05) is 35.2 Å². The second-order valence-corrected chi connectivity index (χ2v) is 8.11. The highest BCUT2D eigenvalue weighted by Gasteiger charge is 2.39. The Kier molecular flexibility index (Phi) is 5.30. The third kappa shape index (κ3) is 3.08. The molecule has 0 radical (unpaired) electrons. The zero-order chi connectivity index (χ0) is 19.9. The second-order valence-electron chi connectivity index (χ2n) is 7.26. The summed E-state index contributed by atoms with van der Waals surface area (Å²) in [7, 11) is 0. The van der Waals surface area contributed by atoms with E-state index in [9.17, 15) is 0 Å². The number of hydrogen-bond donors (Lipinski definition) is 0. The first-order valence-electron chi connectivity index (χ1n) is 9.83. The molecule has 0 aliphatic carbocycles. The molecule has 3 aromatic rings. The fourth-order valence-corrected chi connectivity index (χ4v) is 4.79. The number of nitrogens with zero attached hydrogens (tertiary/aromatic N) is 3. The quantitative estimate of drug-likeness (QED) is 0.531. The van der Waals surface area contributed by atoms with E-state index in [1.165, 1.54) is 11.2 Å². The van der Waals surface area contributed by atoms with Crippen molar-refractivity contribution in [2.75, 3.05) is 24.6 Å². The fourth-order valence-electron chi connectivity index (χ4n) is 4.21. The number of hydrogen-bond acceptors (Lipinski definition) is 3. The molecular formula is C22H25Cl2N3O. The molecule has 2 aromatic carbocycles. The Labute approximate surface area is 176 Å². The number of anilines is 1. The van der Waals surface area contributed by atoms with E-state index in [2.05, 4.69) is 48.4 Å². The Hall–Kier alpha value is -1.75. The Balaban J connectivity index is 1.98. The molecule has 1 aliphatic rings. The summed E-state index contributed by atoms with van der Waals surface area (Å²) in [5, 5.41) is 1.21. The SMILES string of the molecule is CCN(CC)c1cccc2nc3n(c12)CCCOC3(C)c1ccc(Cl)cc1Cl. The summed E-state index contributed by atoms with van der Waals surface area (Å²) in [5.74, 6) is 0.892. The third-order valence-corrected chi connectivity index (χ3v) is 6.19. The van der Waals surface area contributed by atoms with Crippen molar-refractivity contribution in [1.82, 2.24) is 9.55 Å². The van der Waals surface area contributed by atoms with Gasteiger partial charge in [0.1, 0.15) is 11.4 Å². The monoisotopic (exact) mass is 417 g/mol. The second kappa shape index (κ2) is 7.58. The molecule has 2 heterocycles. The van der Waals surface area contributed by atoms with Crippen LogP contribution < -0.4 is 4.90 Å². The van der Waals surface area contributed by atoms with E-state index in [1.807, 2.05) is 12.1 Å². The highest BCUT2D eigenvalue weighted by Crippen LogP contribution is 2.42. The van der Waals surface area contributed by atoms with Crippen LogP contribution in [-0.2, 0) is 16.9 Å². The van der Waals surface area contributed by atoms with Crippen LogP contribution in [0.5, 0.6) is 0 Å². The van der Waals surface area contributed by atoms with Crippen molar-refractivity contribution in [3.63, 3.8) is 0 Å². The van der Waals surface area contributed by atoms with Gasteiger partial charge < -0.3 is 14.2 Å². The van der Waals surface area contributed by atoms with Gasteiger partial charge in [-0.1, -0.05) is 35.3 Å². The fraction of sp³-hybridized carbons (Fsp3) is 0.409. The maximum Gasteiger partial charge on any atom is 0.149 e. The molecule has 0 fully saturated rings. The number of para-hydroxylation sites is 1. The minimum atomic E-state index is -0.738. The Morgan fingerprint density at radius 1 is 1.18 bits per heavy atom. The molecule has 4 nitrogen and oxygen atoms in total. The van der Waals surface area contributed by atoms with Gasteiger partial charge in [-0.05, 0) is 51.5 Å². The molecule has 0 saturated heterocycles. The van der Waals surface area contributed by atoms with Crippen molar-refractivity contribution in [3.8, 4) is 0 Å². The van der Waals surface area contributed by atoms with Crippen LogP contribution in [-0.4, -0.2) is 29.2 Å². The first-order chi connectivity index (χ1) is 13.5. The van der Waals surface area contributed by atoms with Gasteiger partial charge in [0.25, 0.3) is 0 Å². The Bertz CT molecular complexity index is 1010. The van der Waals surface area contributed by atoms with Crippen molar-refractivity contribution >= 4 is 39.9 Å². The highest BCUT2D eigenvalue weighted by atomic mass is 35.5. The van der Waals surface area contributed by atoms with Gasteiger partial charge >= 0.3 is 0 Å². The average Bonchev–Trinajstić information content (AvgIpc) is 2.98. The Morgan fingerprint density at radius 3 is 2.68 bits per heavy atom. The van der Waals surface area contributed by atoms with Gasteiger partial charge in [0.15, 0.2) is 0 Å². The summed E-state index contributed by atoms with van der Waals surface area (Å²) in [6.07, 6.45) is 0.922. The molecule has 0 bridgehead atoms. The van der Waals surface area contributed by atoms with E-state index in [0.717, 1.165) is 43.0 Å². The number of benzene rings is 2. The van der Waals surface area contributed by atoms with E-state index in [-0.39, 0.29) is 0 Å². The molecule has 0 N–H and O–H groups in total. The van der Waals surface area contributed by atoms with E-state index >= 15 is 0 Å². The zero-order valence-electron chi connectivity index (χ0n) is 16.5. The van der Waals surface area contributed by atoms with Crippen LogP contribution in [0.2, 0.25) is 10.0 Å². The number of aryl methyl sites for hydroxylation is 1. The summed E-state index contributed by atoms with van der Waals surface area (Å²) in [5.41, 5.74) is 3.52. The lowest BCUT2D eigenvalue weighted by molar-refractivity contribution is -0.00404. The van der Waals surface area contributed by atoms with Crippen molar-refractivity contribution in [2.24, 2.45) is 0 Å². The summed E-state index contributed by atoms with van der Waals surface area (Å²) < 4.78 is 8.70. The first-order valence-corrected chi connectivity index (χ1v) is 10.6. The Morgan fingerprint density at radius 2 is 1.96 bits per heavy atom. The van der Waals surface area contributed by atoms with Gasteiger partial charge in [-0.3, -0.25) is 0 Å². The molecule has 6 heteroatoms. The molecular weight excluding hydrogens is 393 g/mol. The lowest BCUT2D eigenvalue weighted by atomic mass is 9.94. The van der Waals surface area contributed by atoms with Crippen LogP contribution in [0, 0.1) is 0 Å². The minimum absolute atomic E-state index is 0.597. The predicted molar refractivity (Wildman–Crippen MR) is 117 cm³/mol. The van der Waals surface area contributed by atoms with E-state index in [1.54, 1.807) is 6.07 Å². The van der Waals surface area contributed by atoms with Gasteiger partial charge in [-0.2, -0.15) is 0 Å². The molecule has 148 valence electrons.